The molecule has 0 saturated carbocycles. The number of halogens is 6. The summed E-state index contributed by atoms with van der Waals surface area (Å²) in [6.07, 6.45) is -5.25. The van der Waals surface area contributed by atoms with E-state index < -0.39 is 59.2 Å². The Morgan fingerprint density at radius 3 is 2.53 bits per heavy atom. The summed E-state index contributed by atoms with van der Waals surface area (Å²) in [6, 6.07) is 7.69. The zero-order chi connectivity index (χ0) is 27.6. The molecule has 0 spiro atoms. The first-order valence-corrected chi connectivity index (χ1v) is 11.2. The zero-order valence-corrected chi connectivity index (χ0v) is 19.6. The van der Waals surface area contributed by atoms with Crippen molar-refractivity contribution in [3.63, 3.8) is 0 Å². The molecule has 0 aliphatic carbocycles. The summed E-state index contributed by atoms with van der Waals surface area (Å²) in [5.74, 6) is -2.38. The highest BCUT2D eigenvalue weighted by molar-refractivity contribution is 6.31. The Morgan fingerprint density at radius 1 is 1.16 bits per heavy atom. The van der Waals surface area contributed by atoms with Crippen molar-refractivity contribution in [3.05, 3.63) is 93.0 Å². The Bertz CT molecular complexity index is 1570. The maximum Gasteiger partial charge on any atom is 0.423 e. The number of hydrogen-bond donors (Lipinski definition) is 3. The van der Waals surface area contributed by atoms with E-state index >= 15 is 0 Å². The van der Waals surface area contributed by atoms with Crippen LogP contribution in [0, 0.1) is 23.0 Å². The molecule has 3 N–H and O–H groups in total. The summed E-state index contributed by atoms with van der Waals surface area (Å²) in [6.45, 7) is -1.28. The molecule has 2 aliphatic rings. The number of carbonyl (C=O) groups excluding carboxylic acids is 2. The van der Waals surface area contributed by atoms with Gasteiger partial charge in [-0.15, -0.1) is 0 Å². The van der Waals surface area contributed by atoms with Crippen LogP contribution in [0.3, 0.4) is 0 Å². The summed E-state index contributed by atoms with van der Waals surface area (Å²) >= 11 is 6.22. The van der Waals surface area contributed by atoms with Crippen molar-refractivity contribution >= 4 is 34.9 Å². The Kier molecular flexibility index (Phi) is 5.81. The van der Waals surface area contributed by atoms with Crippen LogP contribution < -0.4 is 15.5 Å². The first-order valence-electron chi connectivity index (χ1n) is 10.9. The van der Waals surface area contributed by atoms with Gasteiger partial charge in [-0.05, 0) is 48.5 Å². The van der Waals surface area contributed by atoms with E-state index in [1.165, 1.54) is 18.2 Å². The van der Waals surface area contributed by atoms with Gasteiger partial charge in [0.05, 0.1) is 35.6 Å². The maximum atomic E-state index is 14.0. The molecule has 0 bridgehead atoms. The summed E-state index contributed by atoms with van der Waals surface area (Å²) < 4.78 is 69.2. The highest BCUT2D eigenvalue weighted by Crippen LogP contribution is 2.49. The summed E-state index contributed by atoms with van der Waals surface area (Å²) in [5, 5.41) is 25.0. The number of nitriles is 1. The van der Waals surface area contributed by atoms with Crippen LogP contribution in [0.25, 0.3) is 0 Å². The van der Waals surface area contributed by atoms with Crippen LogP contribution in [0.15, 0.2) is 48.5 Å². The van der Waals surface area contributed by atoms with Crippen molar-refractivity contribution < 1.29 is 36.6 Å². The Hall–Kier alpha value is -4.21. The van der Waals surface area contributed by atoms with Crippen LogP contribution in [0.4, 0.5) is 38.1 Å². The highest BCUT2D eigenvalue weighted by Gasteiger charge is 2.61. The monoisotopic (exact) mass is 548 g/mol. The van der Waals surface area contributed by atoms with Gasteiger partial charge in [0.25, 0.3) is 5.91 Å². The number of aliphatic hydroxyl groups is 1. The third-order valence-electron chi connectivity index (χ3n) is 6.42. The second kappa shape index (κ2) is 8.68. The molecule has 5 rings (SSSR count). The number of nitrogens with zero attached hydrogens (tertiary/aromatic N) is 2. The summed E-state index contributed by atoms with van der Waals surface area (Å²) in [5.41, 5.74) is -4.80. The van der Waals surface area contributed by atoms with Crippen molar-refractivity contribution in [2.75, 3.05) is 16.8 Å². The van der Waals surface area contributed by atoms with Crippen LogP contribution in [0.2, 0.25) is 5.02 Å². The Balaban J connectivity index is 1.59. The van der Waals surface area contributed by atoms with Crippen molar-refractivity contribution in [3.8, 4) is 6.07 Å². The number of anilines is 2. The van der Waals surface area contributed by atoms with Gasteiger partial charge in [-0.1, -0.05) is 11.6 Å². The quantitative estimate of drug-likeness (QED) is 0.386. The number of β-amino-alcohol motifs (C(OH)–C–C–N with tert-alkyl or cyclic N) is 1. The molecule has 0 saturated heterocycles. The first-order chi connectivity index (χ1) is 17.8. The molecule has 2 heterocycles. The third kappa shape index (κ3) is 3.91. The molecule has 38 heavy (non-hydrogen) atoms. The van der Waals surface area contributed by atoms with Crippen molar-refractivity contribution in [1.82, 2.24) is 5.32 Å². The van der Waals surface area contributed by atoms with Gasteiger partial charge in [-0.2, -0.15) is 18.4 Å². The van der Waals surface area contributed by atoms with Crippen LogP contribution in [0.1, 0.15) is 38.7 Å². The van der Waals surface area contributed by atoms with Crippen molar-refractivity contribution in [2.24, 2.45) is 0 Å². The van der Waals surface area contributed by atoms with Crippen molar-refractivity contribution in [1.29, 1.82) is 5.26 Å². The first kappa shape index (κ1) is 25.4. The minimum absolute atomic E-state index is 0.0413. The van der Waals surface area contributed by atoms with E-state index in [-0.39, 0.29) is 33.0 Å². The van der Waals surface area contributed by atoms with E-state index in [4.69, 9.17) is 11.6 Å². The third-order valence-corrected chi connectivity index (χ3v) is 6.77. The van der Waals surface area contributed by atoms with E-state index in [2.05, 4.69) is 10.6 Å². The van der Waals surface area contributed by atoms with Gasteiger partial charge in [-0.3, -0.25) is 9.69 Å². The summed E-state index contributed by atoms with van der Waals surface area (Å²) in [4.78, 5) is 26.6. The van der Waals surface area contributed by atoms with E-state index in [1.807, 2.05) is 6.07 Å². The van der Waals surface area contributed by atoms with E-state index in [0.717, 1.165) is 24.3 Å². The van der Waals surface area contributed by atoms with Crippen LogP contribution in [-0.4, -0.2) is 29.8 Å². The van der Waals surface area contributed by atoms with Gasteiger partial charge >= 0.3 is 12.2 Å². The molecule has 0 radical (unpaired) electrons. The largest absolute Gasteiger partial charge is 0.423 e. The second-order valence-corrected chi connectivity index (χ2v) is 9.11. The van der Waals surface area contributed by atoms with Gasteiger partial charge in [0.2, 0.25) is 5.60 Å². The molecule has 0 fully saturated rings. The number of alkyl halides is 3. The smallest absolute Gasteiger partial charge is 0.375 e. The number of benzene rings is 3. The Morgan fingerprint density at radius 2 is 1.84 bits per heavy atom. The van der Waals surface area contributed by atoms with Gasteiger partial charge in [0.1, 0.15) is 11.6 Å². The molecular formula is C25H14ClF5N4O3. The van der Waals surface area contributed by atoms with Crippen LogP contribution in [0.5, 0.6) is 0 Å². The normalized spacial score (nSPS) is 20.0. The molecule has 0 unspecified atom stereocenters. The lowest BCUT2D eigenvalue weighted by Crippen LogP contribution is -2.48. The number of urea groups is 1. The minimum atomic E-state index is -5.25. The Labute approximate surface area is 216 Å². The zero-order valence-electron chi connectivity index (χ0n) is 18.8. The van der Waals surface area contributed by atoms with Crippen molar-refractivity contribution in [2.45, 2.75) is 17.8 Å². The molecule has 2 atom stereocenters. The summed E-state index contributed by atoms with van der Waals surface area (Å²) in [7, 11) is 0. The SMILES string of the molecule is N#Cc1cc(NC(=O)N2C[C@@](O)(C(F)(F)F)c3cc(F)ccc32)c2c(c1)C(=O)N[C@@H]2c1cc(F)ccc1Cl. The molecule has 3 aromatic rings. The van der Waals surface area contributed by atoms with E-state index in [0.29, 0.717) is 11.0 Å². The second-order valence-electron chi connectivity index (χ2n) is 8.70. The van der Waals surface area contributed by atoms with Gasteiger partial charge in [-0.25, -0.2) is 13.6 Å². The number of nitrogens with one attached hydrogen (secondary N) is 2. The van der Waals surface area contributed by atoms with Crippen LogP contribution >= 0.6 is 11.6 Å². The fourth-order valence-electron chi connectivity index (χ4n) is 4.65. The van der Waals surface area contributed by atoms with Gasteiger partial charge in [0, 0.05) is 27.3 Å². The van der Waals surface area contributed by atoms with E-state index in [1.54, 1.807) is 0 Å². The fraction of sp³-hybridized carbons (Fsp3) is 0.160. The lowest BCUT2D eigenvalue weighted by atomic mass is 9.94. The average molecular weight is 549 g/mol. The number of carbonyl (C=O) groups is 2. The number of rotatable bonds is 2. The average Bonchev–Trinajstić information content (AvgIpc) is 3.35. The predicted molar refractivity (Wildman–Crippen MR) is 125 cm³/mol. The molecule has 2 aliphatic heterocycles. The number of hydrogen-bond acceptors (Lipinski definition) is 4. The fourth-order valence-corrected chi connectivity index (χ4v) is 4.88. The number of amides is 3. The molecule has 13 heteroatoms. The molecule has 3 aromatic carbocycles. The molecule has 194 valence electrons. The van der Waals surface area contributed by atoms with Gasteiger partial charge < -0.3 is 15.7 Å². The lowest BCUT2D eigenvalue weighted by molar-refractivity contribution is -0.258. The topological polar surface area (TPSA) is 105 Å². The van der Waals surface area contributed by atoms with Gasteiger partial charge in [0.15, 0.2) is 0 Å². The lowest BCUT2D eigenvalue weighted by Gasteiger charge is -2.27. The van der Waals surface area contributed by atoms with E-state index in [9.17, 15) is 41.9 Å². The molecule has 3 amide bonds. The predicted octanol–water partition coefficient (Wildman–Crippen LogP) is 5.12. The standard InChI is InChI=1S/C25H14ClF5N4O3/c26-17-3-1-12(27)7-14(17)21-20-15(22(36)34-21)5-11(9-32)6-18(20)33-23(37)35-10-24(38,25(29,30)31)16-8-13(28)2-4-19(16)35/h1-8,21,38H,10H2,(H,33,37)(H,34,36)/t21-,24+/m1/s1. The van der Waals surface area contributed by atoms with Crippen LogP contribution in [-0.2, 0) is 5.60 Å². The number of fused-ring (bicyclic) bond motifs is 2. The highest BCUT2D eigenvalue weighted by atomic mass is 35.5. The minimum Gasteiger partial charge on any atom is -0.375 e. The molecule has 0 aromatic heterocycles. The maximum absolute atomic E-state index is 14.0. The molecular weight excluding hydrogens is 535 g/mol. The molecule has 7 nitrogen and oxygen atoms in total.